The Morgan fingerprint density at radius 1 is 1.06 bits per heavy atom. The molecule has 0 aliphatic heterocycles. The minimum Gasteiger partial charge on any atom is -0.486 e. The van der Waals surface area contributed by atoms with Gasteiger partial charge in [-0.15, -0.1) is 0 Å². The van der Waals surface area contributed by atoms with E-state index in [-0.39, 0.29) is 40.4 Å². The Hall–Kier alpha value is -3.86. The van der Waals surface area contributed by atoms with Gasteiger partial charge < -0.3 is 14.8 Å². The lowest BCUT2D eigenvalue weighted by Crippen LogP contribution is -2.13. The number of halogens is 3. The molecule has 35 heavy (non-hydrogen) atoms. The van der Waals surface area contributed by atoms with Crippen LogP contribution in [-0.4, -0.2) is 18.5 Å². The minimum atomic E-state index is -0.653. The zero-order valence-electron chi connectivity index (χ0n) is 18.5. The number of amides is 1. The van der Waals surface area contributed by atoms with E-state index in [0.717, 1.165) is 5.56 Å². The number of hydrogen-bond acceptors (Lipinski definition) is 5. The predicted octanol–water partition coefficient (Wildman–Crippen LogP) is 6.43. The van der Waals surface area contributed by atoms with Gasteiger partial charge in [0.05, 0.1) is 22.2 Å². The van der Waals surface area contributed by atoms with Crippen LogP contribution in [0.15, 0.2) is 66.2 Å². The molecule has 3 aromatic carbocycles. The van der Waals surface area contributed by atoms with Gasteiger partial charge in [0, 0.05) is 5.69 Å². The molecule has 0 spiro atoms. The molecular formula is C26H19Cl2FN2O4. The number of benzene rings is 3. The lowest BCUT2D eigenvalue weighted by Gasteiger charge is -2.11. The molecule has 0 heterocycles. The zero-order chi connectivity index (χ0) is 25.4. The number of nitrogens with one attached hydrogen (secondary N) is 1. The first-order valence-corrected chi connectivity index (χ1v) is 11.1. The van der Waals surface area contributed by atoms with Crippen LogP contribution in [0.5, 0.6) is 5.75 Å². The summed E-state index contributed by atoms with van der Waals surface area (Å²) in [7, 11) is 0. The maximum Gasteiger partial charge on any atom is 0.338 e. The first kappa shape index (κ1) is 25.8. The van der Waals surface area contributed by atoms with Gasteiger partial charge in [0.25, 0.3) is 5.91 Å². The Balaban J connectivity index is 1.71. The lowest BCUT2D eigenvalue weighted by molar-refractivity contribution is -0.112. The van der Waals surface area contributed by atoms with Gasteiger partial charge in [0.2, 0.25) is 0 Å². The highest BCUT2D eigenvalue weighted by atomic mass is 35.5. The third-order valence-corrected chi connectivity index (χ3v) is 5.21. The topological polar surface area (TPSA) is 88.4 Å². The second-order valence-corrected chi connectivity index (χ2v) is 7.96. The molecule has 3 aromatic rings. The van der Waals surface area contributed by atoms with E-state index in [4.69, 9.17) is 32.7 Å². The molecule has 0 aliphatic rings. The third kappa shape index (κ3) is 7.06. The second-order valence-electron chi connectivity index (χ2n) is 7.15. The van der Waals surface area contributed by atoms with Crippen molar-refractivity contribution in [2.45, 2.75) is 13.5 Å². The molecule has 178 valence electrons. The van der Waals surface area contributed by atoms with Gasteiger partial charge in [-0.05, 0) is 72.7 Å². The van der Waals surface area contributed by atoms with Crippen LogP contribution >= 0.6 is 23.2 Å². The fourth-order valence-electron chi connectivity index (χ4n) is 2.95. The van der Waals surface area contributed by atoms with Crippen molar-refractivity contribution in [3.05, 3.63) is 98.8 Å². The molecule has 0 unspecified atom stereocenters. The number of nitriles is 1. The highest BCUT2D eigenvalue weighted by Gasteiger charge is 2.14. The fraction of sp³-hybridized carbons (Fsp3) is 0.115. The van der Waals surface area contributed by atoms with Gasteiger partial charge in [-0.25, -0.2) is 9.18 Å². The first-order chi connectivity index (χ1) is 16.8. The van der Waals surface area contributed by atoms with E-state index in [1.165, 1.54) is 54.6 Å². The van der Waals surface area contributed by atoms with Crippen molar-refractivity contribution in [3.63, 3.8) is 0 Å². The van der Waals surface area contributed by atoms with Crippen molar-refractivity contribution in [2.75, 3.05) is 11.9 Å². The van der Waals surface area contributed by atoms with Crippen molar-refractivity contribution in [1.29, 1.82) is 5.26 Å². The number of carbonyl (C=O) groups is 2. The Labute approximate surface area is 211 Å². The van der Waals surface area contributed by atoms with Crippen LogP contribution in [-0.2, 0) is 16.1 Å². The molecule has 0 saturated carbocycles. The van der Waals surface area contributed by atoms with E-state index >= 15 is 0 Å². The first-order valence-electron chi connectivity index (χ1n) is 10.4. The number of ether oxygens (including phenoxy) is 2. The van der Waals surface area contributed by atoms with Crippen molar-refractivity contribution < 1.29 is 23.5 Å². The van der Waals surface area contributed by atoms with Gasteiger partial charge in [-0.3, -0.25) is 4.79 Å². The Kier molecular flexibility index (Phi) is 8.85. The van der Waals surface area contributed by atoms with Gasteiger partial charge in [0.1, 0.15) is 24.1 Å². The van der Waals surface area contributed by atoms with Gasteiger partial charge in [0.15, 0.2) is 5.75 Å². The van der Waals surface area contributed by atoms with Crippen LogP contribution in [0, 0.1) is 17.1 Å². The summed E-state index contributed by atoms with van der Waals surface area (Å²) < 4.78 is 23.6. The van der Waals surface area contributed by atoms with Crippen LogP contribution in [0.2, 0.25) is 10.0 Å². The number of anilines is 1. The summed E-state index contributed by atoms with van der Waals surface area (Å²) >= 11 is 12.6. The van der Waals surface area contributed by atoms with Crippen LogP contribution < -0.4 is 10.1 Å². The monoisotopic (exact) mass is 512 g/mol. The van der Waals surface area contributed by atoms with E-state index in [1.54, 1.807) is 19.1 Å². The van der Waals surface area contributed by atoms with E-state index in [2.05, 4.69) is 5.32 Å². The standard InChI is InChI=1S/C26H19Cl2FN2O4/c1-2-34-26(33)18-5-9-21(10-6-18)31-25(32)19(14-30)11-17-12-22(27)24(23(28)13-17)35-15-16-3-7-20(29)8-4-16/h3-13H,2,15H2,1H3,(H,31,32)/b19-11+. The fourth-order valence-corrected chi connectivity index (χ4v) is 3.57. The minimum absolute atomic E-state index is 0.121. The molecular weight excluding hydrogens is 494 g/mol. The Morgan fingerprint density at radius 3 is 2.26 bits per heavy atom. The number of hydrogen-bond donors (Lipinski definition) is 1. The molecule has 1 N–H and O–H groups in total. The van der Waals surface area contributed by atoms with Gasteiger partial charge in [-0.1, -0.05) is 35.3 Å². The molecule has 0 radical (unpaired) electrons. The number of rotatable bonds is 8. The molecule has 0 bridgehead atoms. The van der Waals surface area contributed by atoms with E-state index < -0.39 is 11.9 Å². The van der Waals surface area contributed by atoms with E-state index in [9.17, 15) is 19.2 Å². The van der Waals surface area contributed by atoms with Crippen molar-refractivity contribution in [3.8, 4) is 11.8 Å². The predicted molar refractivity (Wildman–Crippen MR) is 132 cm³/mol. The molecule has 0 aliphatic carbocycles. The molecule has 0 atom stereocenters. The Morgan fingerprint density at radius 2 is 1.69 bits per heavy atom. The summed E-state index contributed by atoms with van der Waals surface area (Å²) in [6.45, 7) is 2.08. The summed E-state index contributed by atoms with van der Waals surface area (Å²) in [5.41, 5.74) is 1.68. The van der Waals surface area contributed by atoms with Crippen LogP contribution in [0.4, 0.5) is 10.1 Å². The van der Waals surface area contributed by atoms with Gasteiger partial charge in [-0.2, -0.15) is 5.26 Å². The average Bonchev–Trinajstić information content (AvgIpc) is 2.83. The maximum atomic E-state index is 13.0. The third-order valence-electron chi connectivity index (χ3n) is 4.65. The SMILES string of the molecule is CCOC(=O)c1ccc(NC(=O)/C(C#N)=C/c2cc(Cl)c(OCc3ccc(F)cc3)c(Cl)c2)cc1. The van der Waals surface area contributed by atoms with Crippen molar-refractivity contribution in [2.24, 2.45) is 0 Å². The average molecular weight is 513 g/mol. The molecule has 0 saturated heterocycles. The molecule has 3 rings (SSSR count). The number of nitrogens with zero attached hydrogens (tertiary/aromatic N) is 1. The van der Waals surface area contributed by atoms with E-state index in [0.29, 0.717) is 16.8 Å². The molecule has 9 heteroatoms. The lowest BCUT2D eigenvalue weighted by atomic mass is 10.1. The summed E-state index contributed by atoms with van der Waals surface area (Å²) in [6, 6.07) is 16.7. The summed E-state index contributed by atoms with van der Waals surface area (Å²) in [6.07, 6.45) is 1.34. The number of carbonyl (C=O) groups excluding carboxylic acids is 2. The summed E-state index contributed by atoms with van der Waals surface area (Å²) in [5.74, 6) is -1.26. The largest absolute Gasteiger partial charge is 0.486 e. The van der Waals surface area contributed by atoms with E-state index in [1.807, 2.05) is 6.07 Å². The zero-order valence-corrected chi connectivity index (χ0v) is 20.0. The van der Waals surface area contributed by atoms with Crippen LogP contribution in [0.3, 0.4) is 0 Å². The van der Waals surface area contributed by atoms with Crippen molar-refractivity contribution >= 4 is 46.8 Å². The van der Waals surface area contributed by atoms with Crippen LogP contribution in [0.25, 0.3) is 6.08 Å². The van der Waals surface area contributed by atoms with Crippen molar-refractivity contribution in [1.82, 2.24) is 0 Å². The normalized spacial score (nSPS) is 10.9. The Bertz CT molecular complexity index is 1280. The quantitative estimate of drug-likeness (QED) is 0.213. The number of esters is 1. The van der Waals surface area contributed by atoms with Gasteiger partial charge >= 0.3 is 5.97 Å². The molecule has 6 nitrogen and oxygen atoms in total. The second kappa shape index (κ2) is 12.0. The summed E-state index contributed by atoms with van der Waals surface area (Å²) in [5, 5.41) is 12.4. The molecule has 1 amide bonds. The highest BCUT2D eigenvalue weighted by Crippen LogP contribution is 2.35. The highest BCUT2D eigenvalue weighted by molar-refractivity contribution is 6.37. The maximum absolute atomic E-state index is 13.0. The van der Waals surface area contributed by atoms with Crippen LogP contribution in [0.1, 0.15) is 28.4 Å². The smallest absolute Gasteiger partial charge is 0.338 e. The molecule has 0 aromatic heterocycles. The molecule has 0 fully saturated rings. The summed E-state index contributed by atoms with van der Waals surface area (Å²) in [4.78, 5) is 24.3.